The molecule has 0 aliphatic carbocycles. The number of carbonyl (C=O) groups excluding carboxylic acids is 2. The Hall–Kier alpha value is -4.35. The number of thioether (sulfide) groups is 1. The molecule has 1 aromatic heterocycles. The first-order valence-corrected chi connectivity index (χ1v) is 17.7. The Kier molecular flexibility index (Phi) is 10.1. The number of ketones is 1. The minimum Gasteiger partial charge on any atom is -0.507 e. The minimum absolute atomic E-state index is 0.0130. The molecule has 4 aromatic rings. The molecule has 6 rings (SSSR count). The van der Waals surface area contributed by atoms with Gasteiger partial charge in [-0.2, -0.15) is 0 Å². The third kappa shape index (κ3) is 7.01. The van der Waals surface area contributed by atoms with Gasteiger partial charge in [-0.25, -0.2) is 0 Å². The van der Waals surface area contributed by atoms with Gasteiger partial charge in [0.25, 0.3) is 5.78 Å². The van der Waals surface area contributed by atoms with Gasteiger partial charge < -0.3 is 19.3 Å². The van der Waals surface area contributed by atoms with Crippen molar-refractivity contribution in [2.75, 3.05) is 18.1 Å². The molecule has 9 nitrogen and oxygen atoms in total. The van der Waals surface area contributed by atoms with Crippen molar-refractivity contribution in [2.24, 2.45) is 0 Å². The second-order valence-electron chi connectivity index (χ2n) is 11.4. The van der Waals surface area contributed by atoms with E-state index in [1.165, 1.54) is 28.0 Å². The molecule has 0 radical (unpaired) electrons. The van der Waals surface area contributed by atoms with Gasteiger partial charge in [-0.15, -0.1) is 10.2 Å². The lowest BCUT2D eigenvalue weighted by Gasteiger charge is -2.23. The number of aromatic nitrogens is 2. The summed E-state index contributed by atoms with van der Waals surface area (Å²) in [6.45, 7) is 6.93. The van der Waals surface area contributed by atoms with E-state index >= 15 is 0 Å². The molecule has 47 heavy (non-hydrogen) atoms. The minimum atomic E-state index is -0.980. The molecule has 2 aliphatic rings. The van der Waals surface area contributed by atoms with E-state index in [1.54, 1.807) is 30.3 Å². The number of rotatable bonds is 13. The summed E-state index contributed by atoms with van der Waals surface area (Å²) in [5.74, 6) is 0.637. The van der Waals surface area contributed by atoms with Gasteiger partial charge in [-0.1, -0.05) is 79.3 Å². The van der Waals surface area contributed by atoms with Crippen LogP contribution in [-0.2, 0) is 21.8 Å². The van der Waals surface area contributed by atoms with Crippen LogP contribution in [-0.4, -0.2) is 46.3 Å². The van der Waals surface area contributed by atoms with Crippen LogP contribution in [0.3, 0.4) is 0 Å². The van der Waals surface area contributed by atoms with E-state index in [4.69, 9.17) is 14.2 Å². The molecule has 2 unspecified atom stereocenters. The normalized spacial score (nSPS) is 18.3. The molecule has 1 amide bonds. The zero-order valence-electron chi connectivity index (χ0n) is 26.6. The van der Waals surface area contributed by atoms with Crippen LogP contribution in [0.5, 0.6) is 17.2 Å². The quantitative estimate of drug-likeness (QED) is 0.0381. The van der Waals surface area contributed by atoms with Crippen molar-refractivity contribution in [1.82, 2.24) is 10.2 Å². The summed E-state index contributed by atoms with van der Waals surface area (Å²) in [4.78, 5) is 29.0. The molecule has 2 atom stereocenters. The SMILES string of the molecule is CCCCCOc1ccc(C2/C(=C(\O)c3ccc4c(c3)CC(C)O4)C(=O)C(=O)N2c2nnc(SCc3ccccc3)s2)cc1OCC. The fourth-order valence-corrected chi connectivity index (χ4v) is 7.59. The van der Waals surface area contributed by atoms with E-state index in [1.807, 2.05) is 50.2 Å². The Morgan fingerprint density at radius 2 is 1.85 bits per heavy atom. The van der Waals surface area contributed by atoms with Crippen LogP contribution >= 0.6 is 23.1 Å². The van der Waals surface area contributed by atoms with Gasteiger partial charge in [0.1, 0.15) is 17.6 Å². The molecule has 1 saturated heterocycles. The maximum absolute atomic E-state index is 13.8. The number of aliphatic hydroxyl groups excluding tert-OH is 1. The van der Waals surface area contributed by atoms with E-state index in [-0.39, 0.29) is 22.6 Å². The molecule has 1 N–H and O–H groups in total. The zero-order valence-corrected chi connectivity index (χ0v) is 28.2. The highest BCUT2D eigenvalue weighted by Gasteiger charge is 2.48. The molecule has 0 spiro atoms. The molecule has 244 valence electrons. The fraction of sp³-hybridized carbons (Fsp3) is 0.333. The number of carbonyl (C=O) groups is 2. The van der Waals surface area contributed by atoms with Crippen LogP contribution in [0, 0.1) is 0 Å². The Morgan fingerprint density at radius 3 is 2.64 bits per heavy atom. The summed E-state index contributed by atoms with van der Waals surface area (Å²) in [5, 5.41) is 20.7. The van der Waals surface area contributed by atoms with Crippen molar-refractivity contribution < 1.29 is 28.9 Å². The van der Waals surface area contributed by atoms with E-state index in [9.17, 15) is 14.7 Å². The number of Topliss-reactive ketones (excluding diaryl/α,β-unsaturated/α-hetero) is 1. The number of benzene rings is 3. The molecule has 3 aromatic carbocycles. The van der Waals surface area contributed by atoms with E-state index in [0.717, 1.165) is 36.1 Å². The molecule has 1 fully saturated rings. The molecular weight excluding hydrogens is 635 g/mol. The lowest BCUT2D eigenvalue weighted by atomic mass is 9.94. The number of fused-ring (bicyclic) bond motifs is 1. The van der Waals surface area contributed by atoms with Crippen molar-refractivity contribution in [2.45, 2.75) is 68.7 Å². The van der Waals surface area contributed by atoms with Crippen molar-refractivity contribution in [3.8, 4) is 17.2 Å². The van der Waals surface area contributed by atoms with Gasteiger partial charge in [-0.3, -0.25) is 14.5 Å². The first kappa shape index (κ1) is 32.6. The van der Waals surface area contributed by atoms with Crippen LogP contribution in [0.15, 0.2) is 76.6 Å². The maximum Gasteiger partial charge on any atom is 0.301 e. The fourth-order valence-electron chi connectivity index (χ4n) is 5.76. The van der Waals surface area contributed by atoms with Crippen molar-refractivity contribution >= 4 is 45.7 Å². The topological polar surface area (TPSA) is 111 Å². The summed E-state index contributed by atoms with van der Waals surface area (Å²) in [6, 6.07) is 19.7. The van der Waals surface area contributed by atoms with Crippen LogP contribution in [0.25, 0.3) is 5.76 Å². The molecule has 0 bridgehead atoms. The highest BCUT2D eigenvalue weighted by Crippen LogP contribution is 2.46. The predicted octanol–water partition coefficient (Wildman–Crippen LogP) is 7.75. The molecule has 0 saturated carbocycles. The lowest BCUT2D eigenvalue weighted by Crippen LogP contribution is -2.29. The number of hydrogen-bond acceptors (Lipinski definition) is 10. The van der Waals surface area contributed by atoms with E-state index < -0.39 is 17.7 Å². The van der Waals surface area contributed by atoms with Crippen LogP contribution < -0.4 is 19.1 Å². The molecule has 3 heterocycles. The van der Waals surface area contributed by atoms with Crippen LogP contribution in [0.2, 0.25) is 0 Å². The van der Waals surface area contributed by atoms with Gasteiger partial charge in [0.05, 0.1) is 24.8 Å². The Morgan fingerprint density at radius 1 is 1.02 bits per heavy atom. The first-order chi connectivity index (χ1) is 22.9. The van der Waals surface area contributed by atoms with Crippen LogP contribution in [0.1, 0.15) is 68.3 Å². The summed E-state index contributed by atoms with van der Waals surface area (Å²) in [5.41, 5.74) is 3.03. The predicted molar refractivity (Wildman–Crippen MR) is 184 cm³/mol. The summed E-state index contributed by atoms with van der Waals surface area (Å²) < 4.78 is 18.5. The van der Waals surface area contributed by atoms with Gasteiger partial charge >= 0.3 is 5.91 Å². The van der Waals surface area contributed by atoms with E-state index in [2.05, 4.69) is 17.1 Å². The third-order valence-corrected chi connectivity index (χ3v) is 10.1. The number of unbranched alkanes of at least 4 members (excludes halogenated alkanes) is 2. The van der Waals surface area contributed by atoms with Crippen LogP contribution in [0.4, 0.5) is 5.13 Å². The number of aliphatic hydroxyl groups is 1. The summed E-state index contributed by atoms with van der Waals surface area (Å²) >= 11 is 2.73. The highest BCUT2D eigenvalue weighted by atomic mass is 32.2. The number of anilines is 1. The van der Waals surface area contributed by atoms with Crippen molar-refractivity contribution in [3.05, 3.63) is 94.6 Å². The Labute approximate surface area is 282 Å². The Bertz CT molecular complexity index is 1790. The number of ether oxygens (including phenoxy) is 3. The summed E-state index contributed by atoms with van der Waals surface area (Å²) in [7, 11) is 0. The van der Waals surface area contributed by atoms with Gasteiger partial charge in [0.2, 0.25) is 5.13 Å². The second-order valence-corrected chi connectivity index (χ2v) is 13.6. The summed E-state index contributed by atoms with van der Waals surface area (Å²) in [6.07, 6.45) is 3.74. The zero-order chi connectivity index (χ0) is 32.9. The van der Waals surface area contributed by atoms with Gasteiger partial charge in [0, 0.05) is 17.7 Å². The smallest absolute Gasteiger partial charge is 0.301 e. The van der Waals surface area contributed by atoms with E-state index in [0.29, 0.717) is 52.4 Å². The third-order valence-electron chi connectivity index (χ3n) is 8.01. The highest BCUT2D eigenvalue weighted by molar-refractivity contribution is 8.00. The van der Waals surface area contributed by atoms with Gasteiger partial charge in [-0.05, 0) is 67.3 Å². The number of amides is 1. The second kappa shape index (κ2) is 14.6. The monoisotopic (exact) mass is 671 g/mol. The largest absolute Gasteiger partial charge is 0.507 e. The number of hydrogen-bond donors (Lipinski definition) is 1. The lowest BCUT2D eigenvalue weighted by molar-refractivity contribution is -0.132. The first-order valence-electron chi connectivity index (χ1n) is 15.9. The maximum atomic E-state index is 13.8. The standard InChI is InChI=1S/C36H37N3O6S2/c1-4-6-10-17-44-28-16-13-24(20-29(28)43-5-2)31-30(32(40)25-14-15-27-26(19-25)18-22(3)45-27)33(41)34(42)39(31)35-37-38-36(47-35)46-21-23-11-8-7-9-12-23/h7-9,11-16,19-20,22,31,40H,4-6,10,17-18,21H2,1-3H3/b32-30+. The average Bonchev–Trinajstić information content (AvgIpc) is 3.77. The van der Waals surface area contributed by atoms with Crippen molar-refractivity contribution in [1.29, 1.82) is 0 Å². The molecule has 2 aliphatic heterocycles. The molecular formula is C36H37N3O6S2. The van der Waals surface area contributed by atoms with Crippen molar-refractivity contribution in [3.63, 3.8) is 0 Å². The average molecular weight is 672 g/mol. The van der Waals surface area contributed by atoms with Gasteiger partial charge in [0.15, 0.2) is 15.8 Å². The molecule has 11 heteroatoms. The Balaban J connectivity index is 1.40. The number of nitrogens with zero attached hydrogens (tertiary/aromatic N) is 3.